The summed E-state index contributed by atoms with van der Waals surface area (Å²) in [7, 11) is 0. The molecule has 116 valence electrons. The number of nitrogens with one attached hydrogen (secondary N) is 1. The first kappa shape index (κ1) is 17.2. The lowest BCUT2D eigenvalue weighted by Crippen LogP contribution is -2.32. The highest BCUT2D eigenvalue weighted by Crippen LogP contribution is 2.13. The summed E-state index contributed by atoms with van der Waals surface area (Å²) in [6, 6.07) is 3.14. The first-order valence-corrected chi connectivity index (χ1v) is 7.98. The van der Waals surface area contributed by atoms with Gasteiger partial charge < -0.3 is 9.84 Å². The van der Waals surface area contributed by atoms with Gasteiger partial charge in [-0.3, -0.25) is 4.90 Å². The molecule has 1 heterocycles. The molecule has 0 aliphatic rings. The van der Waals surface area contributed by atoms with E-state index in [1.807, 2.05) is 0 Å². The van der Waals surface area contributed by atoms with E-state index < -0.39 is 0 Å². The molecule has 0 radical (unpaired) electrons. The maximum atomic E-state index is 5.47. The van der Waals surface area contributed by atoms with Gasteiger partial charge in [0.2, 0.25) is 0 Å². The van der Waals surface area contributed by atoms with E-state index in [1.54, 1.807) is 0 Å². The highest BCUT2D eigenvalue weighted by atomic mass is 16.5. The molecule has 1 N–H and O–H groups in total. The lowest BCUT2D eigenvalue weighted by Gasteiger charge is -2.27. The summed E-state index contributed by atoms with van der Waals surface area (Å²) in [5.74, 6) is 0.974. The highest BCUT2D eigenvalue weighted by Gasteiger charge is 2.15. The van der Waals surface area contributed by atoms with Crippen LogP contribution in [0.5, 0.6) is 0 Å². The average Bonchev–Trinajstić information content (AvgIpc) is 2.88. The van der Waals surface area contributed by atoms with Gasteiger partial charge in [0.25, 0.3) is 0 Å². The number of aromatic nitrogens is 1. The van der Waals surface area contributed by atoms with E-state index in [1.165, 1.54) is 19.3 Å². The van der Waals surface area contributed by atoms with Crippen LogP contribution in [0.2, 0.25) is 0 Å². The molecule has 1 rings (SSSR count). The van der Waals surface area contributed by atoms with Crippen molar-refractivity contribution in [2.45, 2.75) is 79.1 Å². The Bertz CT molecular complexity index is 362. The van der Waals surface area contributed by atoms with Crippen molar-refractivity contribution in [2.24, 2.45) is 0 Å². The molecular weight excluding hydrogens is 250 g/mol. The molecule has 0 aliphatic carbocycles. The van der Waals surface area contributed by atoms with Crippen molar-refractivity contribution in [3.05, 3.63) is 17.5 Å². The van der Waals surface area contributed by atoms with Gasteiger partial charge in [-0.05, 0) is 26.3 Å². The minimum absolute atomic E-state index is 0.469. The third-order valence-corrected chi connectivity index (χ3v) is 3.67. The van der Waals surface area contributed by atoms with E-state index in [-0.39, 0.29) is 0 Å². The number of hydrogen-bond acceptors (Lipinski definition) is 4. The summed E-state index contributed by atoms with van der Waals surface area (Å²) in [6.45, 7) is 13.8. The largest absolute Gasteiger partial charge is 0.360 e. The monoisotopic (exact) mass is 281 g/mol. The van der Waals surface area contributed by atoms with Crippen LogP contribution in [0.3, 0.4) is 0 Å². The van der Waals surface area contributed by atoms with Crippen LogP contribution >= 0.6 is 0 Å². The molecule has 4 heteroatoms. The fourth-order valence-electron chi connectivity index (χ4n) is 2.10. The van der Waals surface area contributed by atoms with Crippen LogP contribution in [0.4, 0.5) is 0 Å². The minimum Gasteiger partial charge on any atom is -0.360 e. The van der Waals surface area contributed by atoms with Crippen LogP contribution in [0, 0.1) is 0 Å². The molecule has 0 bridgehead atoms. The van der Waals surface area contributed by atoms with Crippen molar-refractivity contribution in [3.63, 3.8) is 0 Å². The second-order valence-corrected chi connectivity index (χ2v) is 5.90. The Morgan fingerprint density at radius 3 is 2.65 bits per heavy atom. The Morgan fingerprint density at radius 2 is 2.05 bits per heavy atom. The van der Waals surface area contributed by atoms with Crippen molar-refractivity contribution in [2.75, 3.05) is 6.54 Å². The quantitative estimate of drug-likeness (QED) is 0.712. The SMILES string of the molecule is CCCCN(Cc1cc(CNC(C)C)no1)C(C)CC. The second-order valence-electron chi connectivity index (χ2n) is 5.90. The molecule has 4 nitrogen and oxygen atoms in total. The Balaban J connectivity index is 2.54. The third kappa shape index (κ3) is 6.06. The first-order chi connectivity index (χ1) is 9.56. The number of hydrogen-bond donors (Lipinski definition) is 1. The molecule has 1 aromatic rings. The van der Waals surface area contributed by atoms with Gasteiger partial charge in [-0.15, -0.1) is 0 Å². The summed E-state index contributed by atoms with van der Waals surface area (Å²) in [6.07, 6.45) is 3.63. The van der Waals surface area contributed by atoms with Gasteiger partial charge in [0.15, 0.2) is 5.76 Å². The minimum atomic E-state index is 0.469. The van der Waals surface area contributed by atoms with Crippen LogP contribution in [0.1, 0.15) is 65.3 Å². The van der Waals surface area contributed by atoms with Gasteiger partial charge >= 0.3 is 0 Å². The summed E-state index contributed by atoms with van der Waals surface area (Å²) in [4.78, 5) is 2.49. The number of rotatable bonds is 10. The molecule has 1 aromatic heterocycles. The molecule has 0 spiro atoms. The fourth-order valence-corrected chi connectivity index (χ4v) is 2.10. The maximum absolute atomic E-state index is 5.47. The Labute approximate surface area is 123 Å². The molecule has 0 aromatic carbocycles. The Kier molecular flexibility index (Phi) is 7.85. The predicted molar refractivity (Wildman–Crippen MR) is 83.5 cm³/mol. The smallest absolute Gasteiger partial charge is 0.151 e. The van der Waals surface area contributed by atoms with Gasteiger partial charge in [0, 0.05) is 24.7 Å². The number of unbranched alkanes of at least 4 members (excludes halogenated alkanes) is 1. The van der Waals surface area contributed by atoms with E-state index in [9.17, 15) is 0 Å². The molecule has 0 saturated carbocycles. The van der Waals surface area contributed by atoms with E-state index in [0.717, 1.165) is 31.1 Å². The standard InChI is InChI=1S/C16H31N3O/c1-6-8-9-19(14(5)7-2)12-16-10-15(18-20-16)11-17-13(3)4/h10,13-14,17H,6-9,11-12H2,1-5H3. The average molecular weight is 281 g/mol. The van der Waals surface area contributed by atoms with E-state index >= 15 is 0 Å². The third-order valence-electron chi connectivity index (χ3n) is 3.67. The molecule has 0 saturated heterocycles. The zero-order valence-electron chi connectivity index (χ0n) is 13.8. The van der Waals surface area contributed by atoms with Gasteiger partial charge in [-0.2, -0.15) is 0 Å². The molecule has 0 aliphatic heterocycles. The first-order valence-electron chi connectivity index (χ1n) is 7.98. The highest BCUT2D eigenvalue weighted by molar-refractivity contribution is 5.05. The van der Waals surface area contributed by atoms with Gasteiger partial charge in [0.05, 0.1) is 12.2 Å². The van der Waals surface area contributed by atoms with Crippen molar-refractivity contribution < 1.29 is 4.52 Å². The van der Waals surface area contributed by atoms with Crippen LogP contribution in [-0.2, 0) is 13.1 Å². The summed E-state index contributed by atoms with van der Waals surface area (Å²) < 4.78 is 5.47. The molecule has 0 amide bonds. The Hall–Kier alpha value is -0.870. The molecule has 1 atom stereocenters. The van der Waals surface area contributed by atoms with Crippen LogP contribution in [-0.4, -0.2) is 28.7 Å². The maximum Gasteiger partial charge on any atom is 0.151 e. The van der Waals surface area contributed by atoms with Crippen molar-refractivity contribution in [1.29, 1.82) is 0 Å². The van der Waals surface area contributed by atoms with Gasteiger partial charge in [-0.25, -0.2) is 0 Å². The van der Waals surface area contributed by atoms with Crippen LogP contribution < -0.4 is 5.32 Å². The van der Waals surface area contributed by atoms with Crippen LogP contribution in [0.25, 0.3) is 0 Å². The zero-order valence-corrected chi connectivity index (χ0v) is 13.8. The van der Waals surface area contributed by atoms with Crippen LogP contribution in [0.15, 0.2) is 10.6 Å². The molecule has 1 unspecified atom stereocenters. The van der Waals surface area contributed by atoms with E-state index in [2.05, 4.69) is 56.1 Å². The van der Waals surface area contributed by atoms with Crippen molar-refractivity contribution in [1.82, 2.24) is 15.4 Å². The molecule has 20 heavy (non-hydrogen) atoms. The number of nitrogens with zero attached hydrogens (tertiary/aromatic N) is 2. The van der Waals surface area contributed by atoms with E-state index in [0.29, 0.717) is 12.1 Å². The van der Waals surface area contributed by atoms with Gasteiger partial charge in [-0.1, -0.05) is 39.3 Å². The lowest BCUT2D eigenvalue weighted by molar-refractivity contribution is 0.171. The topological polar surface area (TPSA) is 41.3 Å². The normalized spacial score (nSPS) is 13.3. The molecule has 0 fully saturated rings. The van der Waals surface area contributed by atoms with Crippen molar-refractivity contribution in [3.8, 4) is 0 Å². The fraction of sp³-hybridized carbons (Fsp3) is 0.812. The predicted octanol–water partition coefficient (Wildman–Crippen LogP) is 3.57. The summed E-state index contributed by atoms with van der Waals surface area (Å²) >= 11 is 0. The van der Waals surface area contributed by atoms with Crippen molar-refractivity contribution >= 4 is 0 Å². The summed E-state index contributed by atoms with van der Waals surface area (Å²) in [5, 5.41) is 7.50. The van der Waals surface area contributed by atoms with Gasteiger partial charge in [0.1, 0.15) is 0 Å². The zero-order chi connectivity index (χ0) is 15.0. The second kappa shape index (κ2) is 9.14. The lowest BCUT2D eigenvalue weighted by atomic mass is 10.2. The Morgan fingerprint density at radius 1 is 1.30 bits per heavy atom. The molecular formula is C16H31N3O. The van der Waals surface area contributed by atoms with E-state index in [4.69, 9.17) is 4.52 Å². The summed E-state index contributed by atoms with van der Waals surface area (Å²) in [5.41, 5.74) is 0.994.